The molecule has 3 aromatic carbocycles. The van der Waals surface area contributed by atoms with Crippen LogP contribution in [0.4, 0.5) is 13.2 Å². The summed E-state index contributed by atoms with van der Waals surface area (Å²) in [5.41, 5.74) is 3.05. The van der Waals surface area contributed by atoms with Gasteiger partial charge in [0, 0.05) is 35.8 Å². The zero-order valence-electron chi connectivity index (χ0n) is 23.8. The lowest BCUT2D eigenvalue weighted by atomic mass is 10.0. The van der Waals surface area contributed by atoms with Gasteiger partial charge in [-0.1, -0.05) is 30.3 Å². The number of rotatable bonds is 9. The van der Waals surface area contributed by atoms with Gasteiger partial charge in [0.05, 0.1) is 30.8 Å². The van der Waals surface area contributed by atoms with Crippen molar-refractivity contribution in [3.8, 4) is 23.0 Å². The van der Waals surface area contributed by atoms with E-state index in [1.807, 2.05) is 49.5 Å². The van der Waals surface area contributed by atoms with Crippen LogP contribution in [0.5, 0.6) is 11.5 Å². The van der Waals surface area contributed by atoms with Crippen LogP contribution < -0.4 is 14.8 Å². The number of aliphatic hydroxyl groups is 1. The number of pyridine rings is 1. The van der Waals surface area contributed by atoms with Crippen molar-refractivity contribution in [3.63, 3.8) is 0 Å². The van der Waals surface area contributed by atoms with Gasteiger partial charge in [0.15, 0.2) is 17.1 Å². The Balaban J connectivity index is 0.00000400. The highest BCUT2D eigenvalue weighted by atomic mass is 19.4. The second-order valence-corrected chi connectivity index (χ2v) is 10.3. The number of amides is 1. The number of halogens is 3. The quantitative estimate of drug-likeness (QED) is 0.182. The van der Waals surface area contributed by atoms with Crippen LogP contribution in [0.2, 0.25) is 0 Å². The number of hydrogen-bond donors (Lipinski definition) is 2. The molecule has 44 heavy (non-hydrogen) atoms. The zero-order chi connectivity index (χ0) is 31.0. The first kappa shape index (κ1) is 29.1. The maximum absolute atomic E-state index is 13.8. The average Bonchev–Trinajstić information content (AvgIpc) is 3.61. The van der Waals surface area contributed by atoms with Crippen LogP contribution in [0.1, 0.15) is 24.3 Å². The predicted octanol–water partition coefficient (Wildman–Crippen LogP) is 7.11. The standard InChI is InChI=1S/C33H28F3N3O5.H2/c1-3-39-17-20(23-8-4-5-9-28(23)39)13-21(18-40)37-32(41)25-16-27(30-14-19-7-6-10-29(42-2)31(19)43-30)38-26-12-11-22(15-24(25)26)44-33(34,35)36;/h4-12,14-17,21,40H,3,13,18H2,1-2H3,(H,37,41);1H/t21-;/m1./s1. The monoisotopic (exact) mass is 605 g/mol. The van der Waals surface area contributed by atoms with Gasteiger partial charge >= 0.3 is 6.36 Å². The zero-order valence-corrected chi connectivity index (χ0v) is 23.8. The van der Waals surface area contributed by atoms with Crippen LogP contribution in [-0.4, -0.2) is 46.7 Å². The Bertz CT molecular complexity index is 2000. The summed E-state index contributed by atoms with van der Waals surface area (Å²) in [4.78, 5) is 18.4. The molecule has 0 saturated heterocycles. The van der Waals surface area contributed by atoms with E-state index in [-0.39, 0.29) is 30.2 Å². The van der Waals surface area contributed by atoms with Crippen molar-refractivity contribution in [1.29, 1.82) is 0 Å². The third kappa shape index (κ3) is 5.66. The molecule has 6 rings (SSSR count). The minimum atomic E-state index is -4.92. The molecule has 0 unspecified atom stereocenters. The van der Waals surface area contributed by atoms with Gasteiger partial charge < -0.3 is 28.9 Å². The number of ether oxygens (including phenoxy) is 2. The minimum Gasteiger partial charge on any atom is -0.493 e. The molecule has 3 aromatic heterocycles. The van der Waals surface area contributed by atoms with Crippen molar-refractivity contribution in [2.45, 2.75) is 32.3 Å². The van der Waals surface area contributed by atoms with Crippen molar-refractivity contribution in [1.82, 2.24) is 14.9 Å². The highest BCUT2D eigenvalue weighted by molar-refractivity contribution is 6.07. The summed E-state index contributed by atoms with van der Waals surface area (Å²) in [7, 11) is 1.52. The molecule has 0 bridgehead atoms. The Labute approximate surface area is 251 Å². The lowest BCUT2D eigenvalue weighted by Gasteiger charge is -2.18. The van der Waals surface area contributed by atoms with Crippen molar-refractivity contribution in [2.24, 2.45) is 0 Å². The maximum atomic E-state index is 13.8. The number of carbonyl (C=O) groups excluding carboxylic acids is 1. The van der Waals surface area contributed by atoms with Crippen LogP contribution in [0, 0.1) is 0 Å². The van der Waals surface area contributed by atoms with Crippen molar-refractivity contribution >= 4 is 38.7 Å². The minimum absolute atomic E-state index is 0. The number of nitrogens with zero attached hydrogens (tertiary/aromatic N) is 2. The summed E-state index contributed by atoms with van der Waals surface area (Å²) in [5.74, 6) is -0.248. The molecular weight excluding hydrogens is 575 g/mol. The van der Waals surface area contributed by atoms with E-state index in [0.717, 1.165) is 40.5 Å². The average molecular weight is 606 g/mol. The fourth-order valence-electron chi connectivity index (χ4n) is 5.48. The molecule has 0 radical (unpaired) electrons. The number of aliphatic hydroxyl groups excluding tert-OH is 1. The number of para-hydroxylation sites is 2. The third-order valence-corrected chi connectivity index (χ3v) is 7.47. The van der Waals surface area contributed by atoms with Crippen LogP contribution in [0.15, 0.2) is 83.4 Å². The molecule has 0 aliphatic heterocycles. The number of aryl methyl sites for hydroxylation is 1. The van der Waals surface area contributed by atoms with E-state index in [1.165, 1.54) is 19.2 Å². The second-order valence-electron chi connectivity index (χ2n) is 10.3. The molecule has 2 N–H and O–H groups in total. The van der Waals surface area contributed by atoms with Gasteiger partial charge in [0.25, 0.3) is 5.91 Å². The Morgan fingerprint density at radius 3 is 2.66 bits per heavy atom. The van der Waals surface area contributed by atoms with E-state index >= 15 is 0 Å². The first-order valence-corrected chi connectivity index (χ1v) is 13.9. The molecule has 3 heterocycles. The van der Waals surface area contributed by atoms with Gasteiger partial charge in [0.2, 0.25) is 0 Å². The summed E-state index contributed by atoms with van der Waals surface area (Å²) < 4.78 is 56.8. The SMILES string of the molecule is CCn1cc(C[C@H](CO)NC(=O)c2cc(-c3cc4cccc(OC)c4o3)nc3ccc(OC(F)(F)F)cc23)c2ccccc21.[HH]. The van der Waals surface area contributed by atoms with E-state index in [1.54, 1.807) is 12.1 Å². The van der Waals surface area contributed by atoms with Crippen molar-refractivity contribution in [3.05, 3.63) is 90.1 Å². The number of hydrogen-bond acceptors (Lipinski definition) is 6. The molecule has 228 valence electrons. The Morgan fingerprint density at radius 1 is 1.09 bits per heavy atom. The molecule has 8 nitrogen and oxygen atoms in total. The van der Waals surface area contributed by atoms with Crippen LogP contribution >= 0.6 is 0 Å². The fraction of sp³-hybridized carbons (Fsp3) is 0.212. The van der Waals surface area contributed by atoms with Crippen LogP contribution in [0.3, 0.4) is 0 Å². The summed E-state index contributed by atoms with van der Waals surface area (Å²) in [6.45, 7) is 2.42. The number of alkyl halides is 3. The molecule has 6 aromatic rings. The lowest BCUT2D eigenvalue weighted by Crippen LogP contribution is -2.39. The predicted molar refractivity (Wildman–Crippen MR) is 162 cm³/mol. The fourth-order valence-corrected chi connectivity index (χ4v) is 5.48. The molecule has 11 heteroatoms. The van der Waals surface area contributed by atoms with Crippen LogP contribution in [0.25, 0.3) is 44.2 Å². The molecule has 0 spiro atoms. The van der Waals surface area contributed by atoms with Gasteiger partial charge in [0.1, 0.15) is 11.4 Å². The topological polar surface area (TPSA) is 98.8 Å². The Kier molecular flexibility index (Phi) is 7.64. The van der Waals surface area contributed by atoms with E-state index < -0.39 is 24.1 Å². The molecule has 0 aliphatic carbocycles. The Morgan fingerprint density at radius 2 is 1.91 bits per heavy atom. The molecular formula is C33H30F3N3O5. The highest BCUT2D eigenvalue weighted by Gasteiger charge is 2.31. The first-order chi connectivity index (χ1) is 21.2. The Hall–Kier alpha value is -5.03. The summed E-state index contributed by atoms with van der Waals surface area (Å²) >= 11 is 0. The number of methoxy groups -OCH3 is 1. The van der Waals surface area contributed by atoms with Gasteiger partial charge in [-0.25, -0.2) is 4.98 Å². The van der Waals surface area contributed by atoms with Crippen molar-refractivity contribution < 1.29 is 38.4 Å². The molecule has 0 aliphatic rings. The third-order valence-electron chi connectivity index (χ3n) is 7.47. The lowest BCUT2D eigenvalue weighted by molar-refractivity contribution is -0.274. The number of fused-ring (bicyclic) bond motifs is 3. The molecule has 0 saturated carbocycles. The molecule has 1 amide bonds. The normalized spacial score (nSPS) is 12.6. The largest absolute Gasteiger partial charge is 0.573 e. The van der Waals surface area contributed by atoms with Gasteiger partial charge in [-0.05, 0) is 61.4 Å². The van der Waals surface area contributed by atoms with E-state index in [0.29, 0.717) is 23.5 Å². The summed E-state index contributed by atoms with van der Waals surface area (Å²) in [6.07, 6.45) is -2.59. The molecule has 1 atom stereocenters. The van der Waals surface area contributed by atoms with Gasteiger partial charge in [-0.3, -0.25) is 4.79 Å². The van der Waals surface area contributed by atoms with Gasteiger partial charge in [-0.2, -0.15) is 0 Å². The van der Waals surface area contributed by atoms with E-state index in [2.05, 4.69) is 19.6 Å². The number of furan rings is 1. The maximum Gasteiger partial charge on any atom is 0.573 e. The van der Waals surface area contributed by atoms with E-state index in [4.69, 9.17) is 9.15 Å². The van der Waals surface area contributed by atoms with Crippen molar-refractivity contribution in [2.75, 3.05) is 13.7 Å². The summed E-state index contributed by atoms with van der Waals surface area (Å²) in [6, 6.07) is 19.4. The number of benzene rings is 3. The number of aromatic nitrogens is 2. The smallest absolute Gasteiger partial charge is 0.493 e. The molecule has 0 fully saturated rings. The van der Waals surface area contributed by atoms with Crippen LogP contribution in [-0.2, 0) is 13.0 Å². The van der Waals surface area contributed by atoms with E-state index in [9.17, 15) is 23.1 Å². The summed E-state index contributed by atoms with van der Waals surface area (Å²) in [5, 5.41) is 15.0. The second kappa shape index (κ2) is 11.6. The number of nitrogens with one attached hydrogen (secondary N) is 1. The van der Waals surface area contributed by atoms with Gasteiger partial charge in [-0.15, -0.1) is 13.2 Å². The highest BCUT2D eigenvalue weighted by Crippen LogP contribution is 2.35. The number of carbonyl (C=O) groups is 1. The first-order valence-electron chi connectivity index (χ1n) is 13.9.